The van der Waals surface area contributed by atoms with E-state index < -0.39 is 16.7 Å². The normalized spacial score (nSPS) is 17.7. The molecule has 0 saturated heterocycles. The average Bonchev–Trinajstić information content (AvgIpc) is 2.56. The Balaban J connectivity index is 2.12. The van der Waals surface area contributed by atoms with Gasteiger partial charge in [0.1, 0.15) is 18.2 Å². The number of nitrogens with two attached hydrogens (primary N) is 1. The van der Waals surface area contributed by atoms with Crippen molar-refractivity contribution in [3.05, 3.63) is 23.8 Å². The van der Waals surface area contributed by atoms with Crippen LogP contribution in [0, 0.1) is 0 Å². The Bertz CT molecular complexity index is 742. The van der Waals surface area contributed by atoms with Crippen LogP contribution in [0.4, 0.5) is 5.69 Å². The second kappa shape index (κ2) is 8.11. The molecule has 8 nitrogen and oxygen atoms in total. The maximum absolute atomic E-state index is 11.6. The second-order valence-corrected chi connectivity index (χ2v) is 6.96. The molecule has 1 aromatic carbocycles. The number of rotatable bonds is 5. The Kier molecular flexibility index (Phi) is 6.13. The lowest BCUT2D eigenvalue weighted by atomic mass is 10.1. The number of nitrogens with zero attached hydrogens (tertiary/aromatic N) is 3. The summed E-state index contributed by atoms with van der Waals surface area (Å²) in [6.45, 7) is 6.33. The number of fused-ring (bicyclic) bond motifs is 1. The molecule has 2 rings (SSSR count). The molecular weight excluding hydrogens is 340 g/mol. The number of hydrogen-bond acceptors (Lipinski definition) is 4. The molecule has 1 aromatic rings. The highest BCUT2D eigenvalue weighted by molar-refractivity contribution is 7.85. The molecule has 0 saturated carbocycles. The lowest BCUT2D eigenvalue weighted by molar-refractivity contribution is 0.227. The summed E-state index contributed by atoms with van der Waals surface area (Å²) in [4.78, 5) is 8.39. The van der Waals surface area contributed by atoms with Crippen molar-refractivity contribution in [2.45, 2.75) is 32.7 Å². The summed E-state index contributed by atoms with van der Waals surface area (Å²) in [5.74, 6) is 1.31. The van der Waals surface area contributed by atoms with Crippen molar-refractivity contribution in [1.29, 1.82) is 0 Å². The van der Waals surface area contributed by atoms with E-state index in [0.29, 0.717) is 29.6 Å². The molecule has 0 amide bonds. The Hall–Kier alpha value is -2.42. The summed E-state index contributed by atoms with van der Waals surface area (Å²) in [5, 5.41) is 3.25. The molecule has 25 heavy (non-hydrogen) atoms. The van der Waals surface area contributed by atoms with Crippen LogP contribution in [0.2, 0.25) is 0 Å². The number of anilines is 1. The van der Waals surface area contributed by atoms with Crippen LogP contribution in [0.1, 0.15) is 32.8 Å². The SMILES string of the molecule is CC/C=N\C(=NC)NC(C)(C)COc1cccc2c1C(N)=NS(=O)N2. The standard InChI is InChI=1S/C16H24N6O2S/c1-5-9-19-15(18-4)20-16(2,3)10-24-12-8-6-7-11-13(12)14(17)22-25(23)21-11/h6-9,21H,5,10H2,1-4H3,(H2,17,22)(H,18,20)/b19-9-. The number of ether oxygens (including phenoxy) is 1. The van der Waals surface area contributed by atoms with Crippen LogP contribution in [0.3, 0.4) is 0 Å². The van der Waals surface area contributed by atoms with Crippen molar-refractivity contribution in [2.24, 2.45) is 20.1 Å². The lowest BCUT2D eigenvalue weighted by Gasteiger charge is -2.28. The first-order chi connectivity index (χ1) is 11.9. The smallest absolute Gasteiger partial charge is 0.245 e. The molecule has 0 fully saturated rings. The van der Waals surface area contributed by atoms with Crippen molar-refractivity contribution < 1.29 is 8.95 Å². The highest BCUT2D eigenvalue weighted by Crippen LogP contribution is 2.30. The number of nitrogens with one attached hydrogen (secondary N) is 2. The molecule has 0 aromatic heterocycles. The van der Waals surface area contributed by atoms with Crippen LogP contribution in [0.25, 0.3) is 0 Å². The van der Waals surface area contributed by atoms with Gasteiger partial charge in [0.15, 0.2) is 0 Å². The van der Waals surface area contributed by atoms with Gasteiger partial charge >= 0.3 is 0 Å². The molecule has 1 atom stereocenters. The second-order valence-electron chi connectivity index (χ2n) is 6.07. The Morgan fingerprint density at radius 1 is 1.52 bits per heavy atom. The molecule has 0 bridgehead atoms. The zero-order valence-corrected chi connectivity index (χ0v) is 15.7. The summed E-state index contributed by atoms with van der Waals surface area (Å²) in [6, 6.07) is 5.39. The van der Waals surface area contributed by atoms with Crippen LogP contribution >= 0.6 is 0 Å². The van der Waals surface area contributed by atoms with E-state index in [4.69, 9.17) is 10.5 Å². The summed E-state index contributed by atoms with van der Waals surface area (Å²) in [7, 11) is 1.68. The fourth-order valence-electron chi connectivity index (χ4n) is 2.17. The fourth-order valence-corrected chi connectivity index (χ4v) is 2.85. The molecule has 1 unspecified atom stereocenters. The first-order valence-corrected chi connectivity index (χ1v) is 9.03. The van der Waals surface area contributed by atoms with Crippen molar-refractivity contribution >= 4 is 34.9 Å². The fraction of sp³-hybridized carbons (Fsp3) is 0.438. The number of benzene rings is 1. The van der Waals surface area contributed by atoms with Gasteiger partial charge in [-0.15, -0.1) is 0 Å². The molecule has 136 valence electrons. The van der Waals surface area contributed by atoms with Crippen LogP contribution < -0.4 is 20.5 Å². The zero-order valence-electron chi connectivity index (χ0n) is 14.9. The van der Waals surface area contributed by atoms with Gasteiger partial charge < -0.3 is 15.8 Å². The maximum Gasteiger partial charge on any atom is 0.245 e. The molecule has 1 aliphatic heterocycles. The number of guanidine groups is 1. The largest absolute Gasteiger partial charge is 0.490 e. The van der Waals surface area contributed by atoms with Crippen molar-refractivity contribution in [2.75, 3.05) is 18.4 Å². The van der Waals surface area contributed by atoms with E-state index in [1.807, 2.05) is 26.8 Å². The summed E-state index contributed by atoms with van der Waals surface area (Å²) in [5.41, 5.74) is 6.75. The van der Waals surface area contributed by atoms with Gasteiger partial charge in [0.2, 0.25) is 17.1 Å². The summed E-state index contributed by atoms with van der Waals surface area (Å²) >= 11 is -1.56. The van der Waals surface area contributed by atoms with E-state index in [1.165, 1.54) is 0 Å². The quantitative estimate of drug-likeness (QED) is 0.544. The van der Waals surface area contributed by atoms with Gasteiger partial charge in [-0.05, 0) is 32.4 Å². The zero-order chi connectivity index (χ0) is 18.4. The van der Waals surface area contributed by atoms with Crippen molar-refractivity contribution in [1.82, 2.24) is 5.32 Å². The van der Waals surface area contributed by atoms with Crippen molar-refractivity contribution in [3.8, 4) is 5.75 Å². The first kappa shape index (κ1) is 18.9. The Labute approximate surface area is 150 Å². The van der Waals surface area contributed by atoms with E-state index in [9.17, 15) is 4.21 Å². The Morgan fingerprint density at radius 2 is 2.28 bits per heavy atom. The molecule has 0 aliphatic carbocycles. The molecule has 4 N–H and O–H groups in total. The average molecular weight is 364 g/mol. The van der Waals surface area contributed by atoms with E-state index in [-0.39, 0.29) is 5.84 Å². The topological polar surface area (TPSA) is 113 Å². The van der Waals surface area contributed by atoms with Gasteiger partial charge in [-0.3, -0.25) is 9.71 Å². The van der Waals surface area contributed by atoms with Gasteiger partial charge in [-0.2, -0.15) is 4.40 Å². The summed E-state index contributed by atoms with van der Waals surface area (Å²) in [6.07, 6.45) is 2.63. The molecule has 9 heteroatoms. The third kappa shape index (κ3) is 5.02. The third-order valence-electron chi connectivity index (χ3n) is 3.31. The maximum atomic E-state index is 11.6. The lowest BCUT2D eigenvalue weighted by Crippen LogP contribution is -2.47. The van der Waals surface area contributed by atoms with E-state index in [2.05, 4.69) is 24.4 Å². The molecule has 0 spiro atoms. The predicted octanol–water partition coefficient (Wildman–Crippen LogP) is 1.61. The minimum atomic E-state index is -1.56. The van der Waals surface area contributed by atoms with E-state index in [1.54, 1.807) is 25.4 Å². The summed E-state index contributed by atoms with van der Waals surface area (Å²) < 4.78 is 24.1. The van der Waals surface area contributed by atoms with Crippen molar-refractivity contribution in [3.63, 3.8) is 0 Å². The van der Waals surface area contributed by atoms with Crippen LogP contribution in [-0.2, 0) is 11.2 Å². The number of hydrogen-bond donors (Lipinski definition) is 3. The van der Waals surface area contributed by atoms with E-state index >= 15 is 0 Å². The molecule has 0 radical (unpaired) electrons. The molecule has 1 aliphatic rings. The third-order valence-corrected chi connectivity index (χ3v) is 4.06. The van der Waals surface area contributed by atoms with Gasteiger partial charge in [-0.1, -0.05) is 13.0 Å². The predicted molar refractivity (Wildman–Crippen MR) is 104 cm³/mol. The number of amidine groups is 1. The minimum absolute atomic E-state index is 0.191. The highest BCUT2D eigenvalue weighted by atomic mass is 32.2. The van der Waals surface area contributed by atoms with Gasteiger partial charge in [0, 0.05) is 13.3 Å². The minimum Gasteiger partial charge on any atom is -0.490 e. The van der Waals surface area contributed by atoms with Crippen LogP contribution in [0.15, 0.2) is 32.6 Å². The van der Waals surface area contributed by atoms with Gasteiger partial charge in [0.25, 0.3) is 0 Å². The van der Waals surface area contributed by atoms with Gasteiger partial charge in [-0.25, -0.2) is 9.20 Å². The monoisotopic (exact) mass is 364 g/mol. The highest BCUT2D eigenvalue weighted by Gasteiger charge is 2.24. The van der Waals surface area contributed by atoms with Crippen LogP contribution in [0.5, 0.6) is 5.75 Å². The molecular formula is C16H24N6O2S. The Morgan fingerprint density at radius 3 is 2.96 bits per heavy atom. The number of aliphatic imine (C=N–C) groups is 2. The van der Waals surface area contributed by atoms with Gasteiger partial charge in [0.05, 0.1) is 16.8 Å². The first-order valence-electron chi connectivity index (χ1n) is 7.92. The van der Waals surface area contributed by atoms with E-state index in [0.717, 1.165) is 6.42 Å². The molecule has 1 heterocycles. The van der Waals surface area contributed by atoms with Crippen LogP contribution in [-0.4, -0.2) is 41.4 Å².